The summed E-state index contributed by atoms with van der Waals surface area (Å²) in [4.78, 5) is 61.1. The van der Waals surface area contributed by atoms with Gasteiger partial charge in [0.1, 0.15) is 35.7 Å². The standard InChI is InChI=1S/C33H53N3O10/c1-14-13-32(7,42-11)26(45-31-25(39)20(36(9)10)12-15(2)43-31)17(4)24(38)18(5)29(40)44-27-19(6)33(27)22(16(3)23(14)37)21(28(34)35-8)30(41)46-33/h14-22,25-27,31,39H,12-13H2,1-11H3,(H2,34,35)/t14-,15?,16-,17+,18-,19?,20?,21?,22?,25?,26-,27+,31?,32-,33+/m1/s1. The van der Waals surface area contributed by atoms with Crippen LogP contribution in [0.25, 0.3) is 0 Å². The first kappa shape index (κ1) is 36.4. The van der Waals surface area contributed by atoms with Crippen molar-refractivity contribution in [2.24, 2.45) is 52.2 Å². The second-order valence-corrected chi connectivity index (χ2v) is 14.4. The van der Waals surface area contributed by atoms with E-state index < -0.39 is 95.0 Å². The predicted molar refractivity (Wildman–Crippen MR) is 166 cm³/mol. The average Bonchev–Trinajstić information content (AvgIpc) is 3.39. The van der Waals surface area contributed by atoms with Gasteiger partial charge in [-0.3, -0.25) is 24.2 Å². The molecule has 7 unspecified atom stereocenters. The highest BCUT2D eigenvalue weighted by Gasteiger charge is 2.79. The lowest BCUT2D eigenvalue weighted by Crippen LogP contribution is -2.59. The maximum Gasteiger partial charge on any atom is 0.317 e. The third-order valence-electron chi connectivity index (χ3n) is 11.2. The second-order valence-electron chi connectivity index (χ2n) is 14.4. The van der Waals surface area contributed by atoms with E-state index >= 15 is 0 Å². The number of hydrogen-bond acceptors (Lipinski definition) is 12. The van der Waals surface area contributed by atoms with Gasteiger partial charge in [-0.15, -0.1) is 0 Å². The van der Waals surface area contributed by atoms with Crippen LogP contribution in [-0.2, 0) is 42.9 Å². The first-order valence-corrected chi connectivity index (χ1v) is 16.3. The minimum absolute atomic E-state index is 0.0355. The summed E-state index contributed by atoms with van der Waals surface area (Å²) in [6.07, 6.45) is -3.61. The van der Waals surface area contributed by atoms with Crippen molar-refractivity contribution < 1.29 is 48.0 Å². The van der Waals surface area contributed by atoms with Crippen LogP contribution in [0.3, 0.4) is 0 Å². The molecule has 0 aromatic carbocycles. The number of rotatable bonds is 5. The fourth-order valence-corrected chi connectivity index (χ4v) is 8.32. The highest BCUT2D eigenvalue weighted by molar-refractivity contribution is 6.03. The molecule has 3 heterocycles. The van der Waals surface area contributed by atoms with Gasteiger partial charge in [0.05, 0.1) is 17.8 Å². The van der Waals surface area contributed by atoms with Gasteiger partial charge in [-0.05, 0) is 47.7 Å². The normalized spacial score (nSPS) is 47.5. The maximum absolute atomic E-state index is 14.3. The minimum atomic E-state index is -1.27. The lowest BCUT2D eigenvalue weighted by atomic mass is 9.71. The number of aliphatic imine (C=N–C) groups is 1. The van der Waals surface area contributed by atoms with E-state index in [0.717, 1.165) is 0 Å². The lowest BCUT2D eigenvalue weighted by Gasteiger charge is -2.46. The fraction of sp³-hybridized carbons (Fsp3) is 0.848. The highest BCUT2D eigenvalue weighted by atomic mass is 16.7. The summed E-state index contributed by atoms with van der Waals surface area (Å²) in [6, 6.07) is -0.272. The zero-order valence-corrected chi connectivity index (χ0v) is 29.0. The van der Waals surface area contributed by atoms with Gasteiger partial charge in [-0.1, -0.05) is 27.7 Å². The Hall–Kier alpha value is -2.45. The molecule has 4 fully saturated rings. The minimum Gasteiger partial charge on any atom is -0.457 e. The first-order valence-electron chi connectivity index (χ1n) is 16.3. The van der Waals surface area contributed by atoms with Gasteiger partial charge in [0.2, 0.25) is 0 Å². The van der Waals surface area contributed by atoms with Crippen LogP contribution in [0.2, 0.25) is 0 Å². The molecule has 3 N–H and O–H groups in total. The van der Waals surface area contributed by atoms with Crippen LogP contribution in [0.5, 0.6) is 0 Å². The van der Waals surface area contributed by atoms with Crippen LogP contribution in [0, 0.1) is 41.4 Å². The summed E-state index contributed by atoms with van der Waals surface area (Å²) < 4.78 is 30.5. The van der Waals surface area contributed by atoms with Gasteiger partial charge >= 0.3 is 11.9 Å². The Kier molecular flexibility index (Phi) is 10.5. The van der Waals surface area contributed by atoms with E-state index in [1.165, 1.54) is 21.1 Å². The number of nitrogens with zero attached hydrogens (tertiary/aromatic N) is 2. The van der Waals surface area contributed by atoms with E-state index in [0.29, 0.717) is 6.42 Å². The molecule has 15 atom stereocenters. The molecule has 0 bridgehead atoms. The summed E-state index contributed by atoms with van der Waals surface area (Å²) in [6.45, 7) is 12.1. The molecule has 0 radical (unpaired) electrons. The van der Waals surface area contributed by atoms with Gasteiger partial charge in [-0.25, -0.2) is 0 Å². The van der Waals surface area contributed by atoms with Gasteiger partial charge in [0, 0.05) is 49.8 Å². The number of esters is 2. The number of carbonyl (C=O) groups is 4. The molecule has 13 nitrogen and oxygen atoms in total. The topological polar surface area (TPSA) is 176 Å². The van der Waals surface area contributed by atoms with E-state index in [4.69, 9.17) is 29.4 Å². The number of aliphatic hydroxyl groups excluding tert-OH is 1. The Morgan fingerprint density at radius 2 is 1.65 bits per heavy atom. The maximum atomic E-state index is 14.3. The van der Waals surface area contributed by atoms with Crippen LogP contribution < -0.4 is 5.73 Å². The van der Waals surface area contributed by atoms with E-state index in [1.54, 1.807) is 34.6 Å². The summed E-state index contributed by atoms with van der Waals surface area (Å²) in [5.41, 5.74) is 3.69. The highest BCUT2D eigenvalue weighted by Crippen LogP contribution is 2.62. The molecule has 46 heavy (non-hydrogen) atoms. The summed E-state index contributed by atoms with van der Waals surface area (Å²) in [5.74, 6) is -7.73. The van der Waals surface area contributed by atoms with E-state index in [9.17, 15) is 24.3 Å². The number of ketones is 2. The third-order valence-corrected chi connectivity index (χ3v) is 11.2. The fourth-order valence-electron chi connectivity index (χ4n) is 8.32. The quantitative estimate of drug-likeness (QED) is 0.189. The predicted octanol–water partition coefficient (Wildman–Crippen LogP) is 1.37. The SMILES string of the molecule is C/N=C(\N)C1C(=O)O[C@@]23C1[C@@H](C)C(=O)[C@H](C)C[C@@](C)(OC)[C@H](OC1OC(C)CC(N(C)C)C1O)[C@@H](C)C(=O)[C@@H](C)C(=O)O[C@H]2C3C. The number of Topliss-reactive ketones (excluding diaryl/α,β-unsaturated/α-hetero) is 2. The van der Waals surface area contributed by atoms with Crippen molar-refractivity contribution in [1.29, 1.82) is 0 Å². The molecule has 1 saturated carbocycles. The Balaban J connectivity index is 1.78. The number of methoxy groups -OCH3 is 1. The van der Waals surface area contributed by atoms with E-state index in [2.05, 4.69) is 4.99 Å². The molecule has 4 aliphatic rings. The molecular weight excluding hydrogens is 598 g/mol. The van der Waals surface area contributed by atoms with Gasteiger partial charge in [0.25, 0.3) is 0 Å². The van der Waals surface area contributed by atoms with Crippen LogP contribution in [0.1, 0.15) is 61.3 Å². The smallest absolute Gasteiger partial charge is 0.317 e. The molecule has 13 heteroatoms. The lowest BCUT2D eigenvalue weighted by molar-refractivity contribution is -0.295. The molecule has 3 saturated heterocycles. The van der Waals surface area contributed by atoms with Crippen molar-refractivity contribution in [2.75, 3.05) is 28.3 Å². The second kappa shape index (κ2) is 13.2. The summed E-state index contributed by atoms with van der Waals surface area (Å²) in [7, 11) is 6.66. The van der Waals surface area contributed by atoms with Gasteiger partial charge in [-0.2, -0.15) is 0 Å². The number of ether oxygens (including phenoxy) is 5. The number of hydrogen-bond donors (Lipinski definition) is 2. The molecule has 1 spiro atoms. The molecule has 3 aliphatic heterocycles. The summed E-state index contributed by atoms with van der Waals surface area (Å²) >= 11 is 0. The number of likely N-dealkylation sites (N-methyl/N-ethyl adjacent to an activating group) is 1. The number of nitrogens with two attached hydrogens (primary N) is 1. The van der Waals surface area contributed by atoms with Crippen molar-refractivity contribution in [2.45, 2.75) is 109 Å². The Morgan fingerprint density at radius 3 is 2.22 bits per heavy atom. The Labute approximate surface area is 271 Å². The first-order chi connectivity index (χ1) is 21.4. The van der Waals surface area contributed by atoms with Crippen molar-refractivity contribution in [3.8, 4) is 0 Å². The zero-order valence-electron chi connectivity index (χ0n) is 29.0. The molecule has 1 aliphatic carbocycles. The molecule has 0 aromatic rings. The molecule has 260 valence electrons. The van der Waals surface area contributed by atoms with Crippen LogP contribution in [0.4, 0.5) is 0 Å². The molecule has 0 amide bonds. The molecule has 4 rings (SSSR count). The van der Waals surface area contributed by atoms with Crippen molar-refractivity contribution in [3.63, 3.8) is 0 Å². The summed E-state index contributed by atoms with van der Waals surface area (Å²) in [5, 5.41) is 11.3. The van der Waals surface area contributed by atoms with E-state index in [-0.39, 0.29) is 30.2 Å². The van der Waals surface area contributed by atoms with Crippen molar-refractivity contribution in [3.05, 3.63) is 0 Å². The van der Waals surface area contributed by atoms with Crippen molar-refractivity contribution >= 4 is 29.3 Å². The van der Waals surface area contributed by atoms with Gasteiger partial charge in [0.15, 0.2) is 17.7 Å². The van der Waals surface area contributed by atoms with Gasteiger partial charge < -0.3 is 39.4 Å². The largest absolute Gasteiger partial charge is 0.457 e. The Bertz CT molecular complexity index is 1240. The Morgan fingerprint density at radius 1 is 1.02 bits per heavy atom. The number of carbonyl (C=O) groups excluding carboxylic acids is 4. The molecule has 0 aromatic heterocycles. The van der Waals surface area contributed by atoms with Crippen LogP contribution in [-0.4, -0.2) is 116 Å². The van der Waals surface area contributed by atoms with Crippen molar-refractivity contribution in [1.82, 2.24) is 4.90 Å². The number of aliphatic hydroxyl groups is 1. The van der Waals surface area contributed by atoms with Crippen LogP contribution in [0.15, 0.2) is 4.99 Å². The van der Waals surface area contributed by atoms with Crippen LogP contribution >= 0.6 is 0 Å². The van der Waals surface area contributed by atoms with E-state index in [1.807, 2.05) is 25.9 Å². The molecular formula is C33H53N3O10. The third kappa shape index (κ3) is 6.02. The number of amidine groups is 1. The monoisotopic (exact) mass is 651 g/mol. The average molecular weight is 652 g/mol. The zero-order chi connectivity index (χ0) is 34.6.